The number of aryl methyl sites for hydroxylation is 1. The Hall–Kier alpha value is -3.20. The summed E-state index contributed by atoms with van der Waals surface area (Å²) < 4.78 is 0. The lowest BCUT2D eigenvalue weighted by molar-refractivity contribution is 0.481. The Kier molecular flexibility index (Phi) is 4.25. The number of fused-ring (bicyclic) bond motifs is 2. The predicted octanol–water partition coefficient (Wildman–Crippen LogP) is 4.86. The number of hydrogen-bond donors (Lipinski definition) is 3. The molecule has 0 aliphatic heterocycles. The molecule has 0 unspecified atom stereocenters. The van der Waals surface area contributed by atoms with Gasteiger partial charge in [0.05, 0.1) is 0 Å². The predicted molar refractivity (Wildman–Crippen MR) is 103 cm³/mol. The molecule has 0 bridgehead atoms. The largest absolute Gasteiger partial charge is 0.507 e. The van der Waals surface area contributed by atoms with Crippen LogP contribution >= 0.6 is 0 Å². The Morgan fingerprint density at radius 3 is 2.17 bits per heavy atom. The van der Waals surface area contributed by atoms with E-state index in [0.717, 1.165) is 16.5 Å². The molecule has 0 aliphatic carbocycles. The molecule has 24 heavy (non-hydrogen) atoms. The Morgan fingerprint density at radius 2 is 1.33 bits per heavy atom. The van der Waals surface area contributed by atoms with Gasteiger partial charge in [0, 0.05) is 16.8 Å². The van der Waals surface area contributed by atoms with Crippen molar-refractivity contribution in [1.29, 1.82) is 0 Å². The van der Waals surface area contributed by atoms with Crippen molar-refractivity contribution in [2.45, 2.75) is 6.92 Å². The van der Waals surface area contributed by atoms with Crippen molar-refractivity contribution in [2.75, 3.05) is 11.5 Å². The first-order valence-corrected chi connectivity index (χ1v) is 7.77. The summed E-state index contributed by atoms with van der Waals surface area (Å²) in [6, 6.07) is 23.1. The van der Waals surface area contributed by atoms with Crippen LogP contribution in [0.15, 0.2) is 72.8 Å². The average molecular weight is 316 g/mol. The van der Waals surface area contributed by atoms with Crippen LogP contribution in [-0.4, -0.2) is 5.11 Å². The Balaban J connectivity index is 0.000000141. The van der Waals surface area contributed by atoms with E-state index >= 15 is 0 Å². The second-order valence-electron chi connectivity index (χ2n) is 5.81. The van der Waals surface area contributed by atoms with Crippen LogP contribution in [0.4, 0.5) is 11.4 Å². The molecule has 0 spiro atoms. The van der Waals surface area contributed by atoms with Crippen LogP contribution in [-0.2, 0) is 0 Å². The van der Waals surface area contributed by atoms with Gasteiger partial charge in [0.15, 0.2) is 0 Å². The van der Waals surface area contributed by atoms with Gasteiger partial charge < -0.3 is 16.6 Å². The Morgan fingerprint density at radius 1 is 0.667 bits per heavy atom. The Labute approximate surface area is 141 Å². The first-order chi connectivity index (χ1) is 11.5. The molecule has 0 saturated heterocycles. The molecule has 3 heteroatoms. The van der Waals surface area contributed by atoms with Crippen molar-refractivity contribution >= 4 is 32.9 Å². The van der Waals surface area contributed by atoms with Gasteiger partial charge in [-0.15, -0.1) is 0 Å². The number of phenols is 1. The molecule has 0 radical (unpaired) electrons. The fourth-order valence-corrected chi connectivity index (χ4v) is 2.74. The zero-order valence-electron chi connectivity index (χ0n) is 13.5. The molecule has 4 rings (SSSR count). The minimum absolute atomic E-state index is 0.278. The van der Waals surface area contributed by atoms with E-state index in [9.17, 15) is 5.11 Å². The van der Waals surface area contributed by atoms with Crippen molar-refractivity contribution in [2.24, 2.45) is 0 Å². The highest BCUT2D eigenvalue weighted by atomic mass is 16.3. The third-order valence-corrected chi connectivity index (χ3v) is 4.01. The third kappa shape index (κ3) is 3.25. The summed E-state index contributed by atoms with van der Waals surface area (Å²) in [5, 5.41) is 13.7. The van der Waals surface area contributed by atoms with Crippen LogP contribution in [0.5, 0.6) is 5.75 Å². The van der Waals surface area contributed by atoms with Crippen LogP contribution in [0.2, 0.25) is 0 Å². The van der Waals surface area contributed by atoms with E-state index < -0.39 is 0 Å². The van der Waals surface area contributed by atoms with E-state index in [-0.39, 0.29) is 5.75 Å². The molecule has 5 N–H and O–H groups in total. The SMILES string of the molecule is Cc1cccc2cc(N)ccc12.Nc1ccc2cccc(O)c2c1. The number of benzene rings is 4. The fourth-order valence-electron chi connectivity index (χ4n) is 2.74. The molecular formula is C21H20N2O. The minimum atomic E-state index is 0.278. The van der Waals surface area contributed by atoms with Gasteiger partial charge in [-0.05, 0) is 59.0 Å². The van der Waals surface area contributed by atoms with E-state index in [1.54, 1.807) is 12.1 Å². The molecule has 4 aromatic rings. The van der Waals surface area contributed by atoms with Crippen molar-refractivity contribution in [3.05, 3.63) is 78.4 Å². The van der Waals surface area contributed by atoms with Crippen LogP contribution in [0.1, 0.15) is 5.56 Å². The molecule has 0 aliphatic rings. The number of hydrogen-bond acceptors (Lipinski definition) is 3. The number of nitrogens with two attached hydrogens (primary N) is 2. The summed E-state index contributed by atoms with van der Waals surface area (Å²) in [7, 11) is 0. The van der Waals surface area contributed by atoms with Gasteiger partial charge >= 0.3 is 0 Å². The maximum absolute atomic E-state index is 9.44. The summed E-state index contributed by atoms with van der Waals surface area (Å²) in [6.45, 7) is 2.11. The summed E-state index contributed by atoms with van der Waals surface area (Å²) in [5.41, 5.74) is 14.1. The van der Waals surface area contributed by atoms with Gasteiger partial charge in [0.1, 0.15) is 5.75 Å². The molecule has 120 valence electrons. The summed E-state index contributed by atoms with van der Waals surface area (Å²) >= 11 is 0. The second-order valence-corrected chi connectivity index (χ2v) is 5.81. The lowest BCUT2D eigenvalue weighted by atomic mass is 10.1. The summed E-state index contributed by atoms with van der Waals surface area (Å²) in [6.07, 6.45) is 0. The molecule has 0 amide bonds. The van der Waals surface area contributed by atoms with E-state index in [1.165, 1.54) is 16.3 Å². The van der Waals surface area contributed by atoms with Gasteiger partial charge in [-0.3, -0.25) is 0 Å². The maximum atomic E-state index is 9.44. The van der Waals surface area contributed by atoms with Gasteiger partial charge in [0.2, 0.25) is 0 Å². The highest BCUT2D eigenvalue weighted by Gasteiger charge is 1.97. The van der Waals surface area contributed by atoms with Crippen molar-refractivity contribution in [3.63, 3.8) is 0 Å². The highest BCUT2D eigenvalue weighted by Crippen LogP contribution is 2.25. The molecule has 0 atom stereocenters. The molecule has 0 saturated carbocycles. The van der Waals surface area contributed by atoms with Crippen LogP contribution in [0.3, 0.4) is 0 Å². The van der Waals surface area contributed by atoms with Crippen molar-refractivity contribution < 1.29 is 5.11 Å². The fraction of sp³-hybridized carbons (Fsp3) is 0.0476. The lowest BCUT2D eigenvalue weighted by Gasteiger charge is -2.01. The highest BCUT2D eigenvalue weighted by molar-refractivity contribution is 5.90. The Bertz CT molecular complexity index is 1010. The van der Waals surface area contributed by atoms with Crippen molar-refractivity contribution in [1.82, 2.24) is 0 Å². The number of anilines is 2. The normalized spacial score (nSPS) is 10.4. The quantitative estimate of drug-likeness (QED) is 0.406. The second kappa shape index (κ2) is 6.50. The molecule has 0 aromatic heterocycles. The van der Waals surface area contributed by atoms with Crippen LogP contribution in [0, 0.1) is 6.92 Å². The van der Waals surface area contributed by atoms with E-state index in [0.29, 0.717) is 5.69 Å². The van der Waals surface area contributed by atoms with Crippen LogP contribution < -0.4 is 11.5 Å². The van der Waals surface area contributed by atoms with Crippen LogP contribution in [0.25, 0.3) is 21.5 Å². The monoisotopic (exact) mass is 316 g/mol. The molecule has 3 nitrogen and oxygen atoms in total. The topological polar surface area (TPSA) is 72.3 Å². The first-order valence-electron chi connectivity index (χ1n) is 7.77. The van der Waals surface area contributed by atoms with E-state index in [2.05, 4.69) is 31.2 Å². The van der Waals surface area contributed by atoms with E-state index in [4.69, 9.17) is 11.5 Å². The zero-order valence-corrected chi connectivity index (χ0v) is 13.5. The smallest absolute Gasteiger partial charge is 0.123 e. The maximum Gasteiger partial charge on any atom is 0.123 e. The van der Waals surface area contributed by atoms with Crippen molar-refractivity contribution in [3.8, 4) is 5.75 Å². The molecule has 0 fully saturated rings. The average Bonchev–Trinajstić information content (AvgIpc) is 2.56. The molecular weight excluding hydrogens is 296 g/mol. The minimum Gasteiger partial charge on any atom is -0.507 e. The zero-order chi connectivity index (χ0) is 17.1. The van der Waals surface area contributed by atoms with Gasteiger partial charge in [-0.2, -0.15) is 0 Å². The molecule has 4 aromatic carbocycles. The van der Waals surface area contributed by atoms with E-state index in [1.807, 2.05) is 36.4 Å². The summed E-state index contributed by atoms with van der Waals surface area (Å²) in [4.78, 5) is 0. The lowest BCUT2D eigenvalue weighted by Crippen LogP contribution is -1.84. The number of rotatable bonds is 0. The number of nitrogen functional groups attached to an aromatic ring is 2. The first kappa shape index (κ1) is 15.7. The van der Waals surface area contributed by atoms with Gasteiger partial charge in [-0.1, -0.05) is 42.5 Å². The number of aromatic hydroxyl groups is 1. The summed E-state index contributed by atoms with van der Waals surface area (Å²) in [5.74, 6) is 0.278. The number of phenolic OH excluding ortho intramolecular Hbond substituents is 1. The molecule has 0 heterocycles. The van der Waals surface area contributed by atoms with Gasteiger partial charge in [-0.25, -0.2) is 0 Å². The third-order valence-electron chi connectivity index (χ3n) is 4.01. The van der Waals surface area contributed by atoms with Gasteiger partial charge in [0.25, 0.3) is 0 Å². The standard InChI is InChI=1S/C11H11N.C10H9NO/c1-8-3-2-4-9-7-10(12)5-6-11(8)9;11-8-5-4-7-2-1-3-10(12)9(7)6-8/h2-7H,12H2,1H3;1-6,12H,11H2.